The number of benzene rings is 1. The van der Waals surface area contributed by atoms with Crippen molar-refractivity contribution in [2.45, 2.75) is 51.6 Å². The molecule has 0 unspecified atom stereocenters. The van der Waals surface area contributed by atoms with Crippen molar-refractivity contribution in [1.29, 1.82) is 0 Å². The van der Waals surface area contributed by atoms with Crippen molar-refractivity contribution in [1.82, 2.24) is 14.8 Å². The molecule has 0 aliphatic carbocycles. The number of aldehydes is 1. The van der Waals surface area contributed by atoms with Gasteiger partial charge >= 0.3 is 6.18 Å². The van der Waals surface area contributed by atoms with Crippen molar-refractivity contribution in [3.63, 3.8) is 0 Å². The molecule has 6 nitrogen and oxygen atoms in total. The van der Waals surface area contributed by atoms with Crippen LogP contribution in [0.1, 0.15) is 66.2 Å². The number of aromatic nitrogens is 3. The van der Waals surface area contributed by atoms with Gasteiger partial charge in [0.05, 0.1) is 30.5 Å². The number of nitrogens with zero attached hydrogens (tertiary/aromatic N) is 3. The number of para-hydroxylation sites is 1. The third-order valence-electron chi connectivity index (χ3n) is 5.70. The molecule has 0 amide bonds. The molecule has 2 aromatic heterocycles. The Balaban J connectivity index is 1.77. The molecule has 182 valence electrons. The van der Waals surface area contributed by atoms with Crippen LogP contribution in [0.2, 0.25) is 0 Å². The average Bonchev–Trinajstić information content (AvgIpc) is 3.26. The van der Waals surface area contributed by atoms with Crippen LogP contribution in [0.15, 0.2) is 42.7 Å². The minimum absolute atomic E-state index is 0.225. The fraction of sp³-hybridized carbons (Fsp3) is 0.400. The number of halogens is 3. The van der Waals surface area contributed by atoms with Gasteiger partial charge in [0.25, 0.3) is 0 Å². The first kappa shape index (κ1) is 25.3. The molecular formula is C25H28F3N3O3. The van der Waals surface area contributed by atoms with E-state index in [0.29, 0.717) is 42.3 Å². The van der Waals surface area contributed by atoms with E-state index in [1.54, 1.807) is 18.2 Å². The lowest BCUT2D eigenvalue weighted by Crippen LogP contribution is -2.07. The lowest BCUT2D eigenvalue weighted by molar-refractivity contribution is -0.137. The topological polar surface area (TPSA) is 66.2 Å². The minimum atomic E-state index is -4.44. The van der Waals surface area contributed by atoms with Crippen molar-refractivity contribution in [3.05, 3.63) is 65.1 Å². The summed E-state index contributed by atoms with van der Waals surface area (Å²) in [5.41, 5.74) is 1.53. The van der Waals surface area contributed by atoms with Gasteiger partial charge in [-0.25, -0.2) is 9.67 Å². The monoisotopic (exact) mass is 475 g/mol. The van der Waals surface area contributed by atoms with Gasteiger partial charge < -0.3 is 9.47 Å². The standard InChI is InChI=1S/C25H28F3N3O3/c1-4-17(5-2)23-18(9-7-13-34-24-19(16-32)8-6-10-21(24)33-3)15-31(30-23)22-12-11-20(14-29-22)25(26,27)28/h6,8,10-12,14-17H,4-5,7,9,13H2,1-3H3. The van der Waals surface area contributed by atoms with Gasteiger partial charge in [0.2, 0.25) is 0 Å². The first-order valence-corrected chi connectivity index (χ1v) is 11.2. The first-order chi connectivity index (χ1) is 16.3. The summed E-state index contributed by atoms with van der Waals surface area (Å²) in [5.74, 6) is 1.45. The predicted octanol–water partition coefficient (Wildman–Crippen LogP) is 6.02. The van der Waals surface area contributed by atoms with Crippen molar-refractivity contribution < 1.29 is 27.4 Å². The second-order valence-corrected chi connectivity index (χ2v) is 7.85. The van der Waals surface area contributed by atoms with E-state index >= 15 is 0 Å². The van der Waals surface area contributed by atoms with Gasteiger partial charge in [0.1, 0.15) is 0 Å². The Bertz CT molecular complexity index is 1090. The van der Waals surface area contributed by atoms with Crippen LogP contribution in [0.3, 0.4) is 0 Å². The molecule has 0 spiro atoms. The molecule has 1 aromatic carbocycles. The zero-order valence-electron chi connectivity index (χ0n) is 19.4. The van der Waals surface area contributed by atoms with Crippen LogP contribution in [-0.2, 0) is 12.6 Å². The van der Waals surface area contributed by atoms with E-state index in [4.69, 9.17) is 9.47 Å². The summed E-state index contributed by atoms with van der Waals surface area (Å²) < 4.78 is 51.3. The zero-order chi connectivity index (χ0) is 24.7. The highest BCUT2D eigenvalue weighted by molar-refractivity contribution is 5.81. The molecule has 34 heavy (non-hydrogen) atoms. The molecule has 0 saturated heterocycles. The zero-order valence-corrected chi connectivity index (χ0v) is 19.4. The van der Waals surface area contributed by atoms with Crippen molar-refractivity contribution >= 4 is 6.29 Å². The van der Waals surface area contributed by atoms with Crippen molar-refractivity contribution in [3.8, 4) is 17.3 Å². The molecule has 0 fully saturated rings. The van der Waals surface area contributed by atoms with Gasteiger partial charge in [-0.1, -0.05) is 19.9 Å². The highest BCUT2D eigenvalue weighted by atomic mass is 19.4. The summed E-state index contributed by atoms with van der Waals surface area (Å²) in [5, 5.41) is 4.67. The number of carbonyl (C=O) groups excluding carboxylic acids is 1. The maximum atomic E-state index is 12.9. The highest BCUT2D eigenvalue weighted by Crippen LogP contribution is 2.31. The molecule has 0 bridgehead atoms. The number of pyridine rings is 1. The van der Waals surface area contributed by atoms with E-state index in [0.717, 1.165) is 42.6 Å². The summed E-state index contributed by atoms with van der Waals surface area (Å²) in [6, 6.07) is 7.45. The van der Waals surface area contributed by atoms with Crippen LogP contribution < -0.4 is 9.47 Å². The van der Waals surface area contributed by atoms with Gasteiger partial charge in [0, 0.05) is 18.3 Å². The Labute approximate surface area is 196 Å². The quantitative estimate of drug-likeness (QED) is 0.251. The fourth-order valence-corrected chi connectivity index (χ4v) is 3.82. The molecule has 0 atom stereocenters. The van der Waals surface area contributed by atoms with Gasteiger partial charge in [-0.05, 0) is 55.5 Å². The second-order valence-electron chi connectivity index (χ2n) is 7.85. The molecular weight excluding hydrogens is 447 g/mol. The lowest BCUT2D eigenvalue weighted by Gasteiger charge is -2.13. The maximum absolute atomic E-state index is 12.9. The molecule has 2 heterocycles. The van der Waals surface area contributed by atoms with Crippen LogP contribution in [0.5, 0.6) is 11.5 Å². The second kappa shape index (κ2) is 11.2. The van der Waals surface area contributed by atoms with Gasteiger partial charge in [-0.2, -0.15) is 18.3 Å². The number of hydrogen-bond donors (Lipinski definition) is 0. The van der Waals surface area contributed by atoms with E-state index < -0.39 is 11.7 Å². The average molecular weight is 476 g/mol. The third-order valence-corrected chi connectivity index (χ3v) is 5.70. The van der Waals surface area contributed by atoms with Gasteiger partial charge in [0.15, 0.2) is 23.6 Å². The molecule has 3 aromatic rings. The Kier molecular flexibility index (Phi) is 8.31. The number of aryl methyl sites for hydroxylation is 1. The molecule has 9 heteroatoms. The number of methoxy groups -OCH3 is 1. The van der Waals surface area contributed by atoms with Crippen molar-refractivity contribution in [2.24, 2.45) is 0 Å². The van der Waals surface area contributed by atoms with Crippen molar-refractivity contribution in [2.75, 3.05) is 13.7 Å². The van der Waals surface area contributed by atoms with E-state index in [9.17, 15) is 18.0 Å². The molecule has 0 N–H and O–H groups in total. The fourth-order valence-electron chi connectivity index (χ4n) is 3.82. The van der Waals surface area contributed by atoms with Crippen LogP contribution >= 0.6 is 0 Å². The lowest BCUT2D eigenvalue weighted by atomic mass is 9.95. The summed E-state index contributed by atoms with van der Waals surface area (Å²) in [6.07, 6.45) is 2.01. The summed E-state index contributed by atoms with van der Waals surface area (Å²) in [4.78, 5) is 15.3. The Morgan fingerprint density at radius 3 is 2.50 bits per heavy atom. The number of ether oxygens (including phenoxy) is 2. The summed E-state index contributed by atoms with van der Waals surface area (Å²) >= 11 is 0. The number of alkyl halides is 3. The van der Waals surface area contributed by atoms with Crippen LogP contribution in [-0.4, -0.2) is 34.8 Å². The van der Waals surface area contributed by atoms with Gasteiger partial charge in [-0.3, -0.25) is 4.79 Å². The van der Waals surface area contributed by atoms with Crippen LogP contribution in [0.25, 0.3) is 5.82 Å². The maximum Gasteiger partial charge on any atom is 0.417 e. The summed E-state index contributed by atoms with van der Waals surface area (Å²) in [6.45, 7) is 4.52. The summed E-state index contributed by atoms with van der Waals surface area (Å²) in [7, 11) is 1.52. The molecule has 3 rings (SSSR count). The highest BCUT2D eigenvalue weighted by Gasteiger charge is 2.30. The van der Waals surface area contributed by atoms with E-state index in [1.165, 1.54) is 17.9 Å². The Morgan fingerprint density at radius 2 is 1.91 bits per heavy atom. The SMILES string of the molecule is CCC(CC)c1nn(-c2ccc(C(F)(F)F)cn2)cc1CCCOc1c(C=O)cccc1OC. The van der Waals surface area contributed by atoms with E-state index in [1.807, 2.05) is 6.20 Å². The smallest absolute Gasteiger partial charge is 0.417 e. The largest absolute Gasteiger partial charge is 0.493 e. The van der Waals surface area contributed by atoms with Crippen LogP contribution in [0.4, 0.5) is 13.2 Å². The number of carbonyl (C=O) groups is 1. The van der Waals surface area contributed by atoms with E-state index in [-0.39, 0.29) is 5.92 Å². The molecule has 0 aliphatic heterocycles. The first-order valence-electron chi connectivity index (χ1n) is 11.2. The molecule has 0 radical (unpaired) electrons. The molecule has 0 saturated carbocycles. The normalized spacial score (nSPS) is 11.6. The van der Waals surface area contributed by atoms with Crippen LogP contribution in [0, 0.1) is 0 Å². The Hall–Kier alpha value is -3.36. The van der Waals surface area contributed by atoms with E-state index in [2.05, 4.69) is 23.9 Å². The number of hydrogen-bond acceptors (Lipinski definition) is 5. The minimum Gasteiger partial charge on any atom is -0.493 e. The number of rotatable bonds is 11. The molecule has 0 aliphatic rings. The third kappa shape index (κ3) is 5.76. The predicted molar refractivity (Wildman–Crippen MR) is 122 cm³/mol. The van der Waals surface area contributed by atoms with Gasteiger partial charge in [-0.15, -0.1) is 0 Å². The Morgan fingerprint density at radius 1 is 1.15 bits per heavy atom.